The molecule has 0 aliphatic carbocycles. The first-order chi connectivity index (χ1) is 10.2. The van der Waals surface area contributed by atoms with E-state index in [1.54, 1.807) is 14.0 Å². The van der Waals surface area contributed by atoms with E-state index in [0.29, 0.717) is 24.2 Å². The SMILES string of the molecule is CN=C(NCCc1ccc(Cl)cc1)NCc1noc(C)n1.I. The van der Waals surface area contributed by atoms with Crippen LogP contribution in [0.5, 0.6) is 0 Å². The lowest BCUT2D eigenvalue weighted by Gasteiger charge is -2.10. The Balaban J connectivity index is 0.00000242. The van der Waals surface area contributed by atoms with Crippen LogP contribution in [0.1, 0.15) is 17.3 Å². The van der Waals surface area contributed by atoms with Gasteiger partial charge in [-0.05, 0) is 24.1 Å². The lowest BCUT2D eigenvalue weighted by Crippen LogP contribution is -2.38. The van der Waals surface area contributed by atoms with Crippen LogP contribution in [0.4, 0.5) is 0 Å². The summed E-state index contributed by atoms with van der Waals surface area (Å²) < 4.78 is 4.91. The second kappa shape index (κ2) is 9.62. The maximum atomic E-state index is 5.86. The van der Waals surface area contributed by atoms with Crippen LogP contribution < -0.4 is 10.6 Å². The zero-order valence-corrected chi connectivity index (χ0v) is 15.6. The van der Waals surface area contributed by atoms with Crippen molar-refractivity contribution >= 4 is 41.5 Å². The molecule has 2 N–H and O–H groups in total. The van der Waals surface area contributed by atoms with Gasteiger partial charge in [0.2, 0.25) is 5.89 Å². The summed E-state index contributed by atoms with van der Waals surface area (Å²) in [5, 5.41) is 10.9. The first kappa shape index (κ1) is 18.7. The third-order valence-corrected chi connectivity index (χ3v) is 3.08. The summed E-state index contributed by atoms with van der Waals surface area (Å²) in [7, 11) is 1.72. The predicted molar refractivity (Wildman–Crippen MR) is 97.8 cm³/mol. The van der Waals surface area contributed by atoms with Crippen LogP contribution >= 0.6 is 35.6 Å². The van der Waals surface area contributed by atoms with Gasteiger partial charge in [0.15, 0.2) is 11.8 Å². The van der Waals surface area contributed by atoms with Crippen molar-refractivity contribution in [3.63, 3.8) is 0 Å². The first-order valence-corrected chi connectivity index (χ1v) is 7.03. The normalized spacial score (nSPS) is 11.0. The number of aromatic nitrogens is 2. The molecule has 8 heteroatoms. The molecule has 2 rings (SSSR count). The lowest BCUT2D eigenvalue weighted by atomic mass is 10.1. The number of aliphatic imine (C=N–C) groups is 1. The molecule has 120 valence electrons. The highest BCUT2D eigenvalue weighted by Crippen LogP contribution is 2.09. The maximum Gasteiger partial charge on any atom is 0.223 e. The van der Waals surface area contributed by atoms with Crippen molar-refractivity contribution in [3.05, 3.63) is 46.6 Å². The molecule has 2 aromatic rings. The van der Waals surface area contributed by atoms with Gasteiger partial charge in [0.1, 0.15) is 0 Å². The molecule has 0 saturated heterocycles. The Labute approximate surface area is 151 Å². The molecule has 0 atom stereocenters. The van der Waals surface area contributed by atoms with Gasteiger partial charge in [0.25, 0.3) is 0 Å². The summed E-state index contributed by atoms with van der Waals surface area (Å²) in [6.45, 7) is 3.00. The second-order valence-electron chi connectivity index (χ2n) is 4.46. The predicted octanol–water partition coefficient (Wildman–Crippen LogP) is 2.56. The summed E-state index contributed by atoms with van der Waals surface area (Å²) in [5.74, 6) is 1.86. The van der Waals surface area contributed by atoms with E-state index in [1.807, 2.05) is 24.3 Å². The van der Waals surface area contributed by atoms with Crippen LogP contribution in [0, 0.1) is 6.92 Å². The maximum absolute atomic E-state index is 5.86. The highest BCUT2D eigenvalue weighted by atomic mass is 127. The molecule has 0 unspecified atom stereocenters. The molecular formula is C14H19ClIN5O. The molecule has 0 aliphatic rings. The molecule has 0 fully saturated rings. The van der Waals surface area contributed by atoms with Crippen molar-refractivity contribution in [2.24, 2.45) is 4.99 Å². The summed E-state index contributed by atoms with van der Waals surface area (Å²) in [6.07, 6.45) is 0.888. The number of nitrogens with one attached hydrogen (secondary N) is 2. The largest absolute Gasteiger partial charge is 0.356 e. The van der Waals surface area contributed by atoms with Gasteiger partial charge < -0.3 is 15.2 Å². The van der Waals surface area contributed by atoms with Gasteiger partial charge in [-0.25, -0.2) is 0 Å². The van der Waals surface area contributed by atoms with Crippen LogP contribution in [0.3, 0.4) is 0 Å². The first-order valence-electron chi connectivity index (χ1n) is 6.65. The minimum absolute atomic E-state index is 0. The molecule has 22 heavy (non-hydrogen) atoms. The Kier molecular flexibility index (Phi) is 8.18. The minimum atomic E-state index is 0. The molecule has 1 heterocycles. The van der Waals surface area contributed by atoms with Crippen LogP contribution in [0.15, 0.2) is 33.8 Å². The molecule has 0 aliphatic heterocycles. The summed E-state index contributed by atoms with van der Waals surface area (Å²) in [5.41, 5.74) is 1.22. The molecule has 0 saturated carbocycles. The van der Waals surface area contributed by atoms with E-state index >= 15 is 0 Å². The van der Waals surface area contributed by atoms with Gasteiger partial charge >= 0.3 is 0 Å². The van der Waals surface area contributed by atoms with Crippen molar-refractivity contribution in [3.8, 4) is 0 Å². The van der Waals surface area contributed by atoms with Crippen molar-refractivity contribution in [1.29, 1.82) is 0 Å². The zero-order chi connectivity index (χ0) is 15.1. The Morgan fingerprint density at radius 3 is 2.59 bits per heavy atom. The van der Waals surface area contributed by atoms with E-state index in [0.717, 1.165) is 18.0 Å². The molecule has 1 aromatic carbocycles. The number of benzene rings is 1. The monoisotopic (exact) mass is 435 g/mol. The van der Waals surface area contributed by atoms with Gasteiger partial charge in [-0.1, -0.05) is 28.9 Å². The van der Waals surface area contributed by atoms with Gasteiger partial charge in [-0.15, -0.1) is 24.0 Å². The molecule has 0 bridgehead atoms. The van der Waals surface area contributed by atoms with E-state index in [4.69, 9.17) is 16.1 Å². The average molecular weight is 436 g/mol. The molecule has 0 radical (unpaired) electrons. The molecular weight excluding hydrogens is 417 g/mol. The quantitative estimate of drug-likeness (QED) is 0.429. The Bertz CT molecular complexity index is 600. The van der Waals surface area contributed by atoms with Gasteiger partial charge in [0.05, 0.1) is 6.54 Å². The van der Waals surface area contributed by atoms with E-state index in [9.17, 15) is 0 Å². The zero-order valence-electron chi connectivity index (χ0n) is 12.5. The van der Waals surface area contributed by atoms with Gasteiger partial charge in [0, 0.05) is 25.5 Å². The average Bonchev–Trinajstić information content (AvgIpc) is 2.90. The number of aryl methyl sites for hydroxylation is 1. The summed E-state index contributed by atoms with van der Waals surface area (Å²) in [4.78, 5) is 8.26. The third-order valence-electron chi connectivity index (χ3n) is 2.83. The highest BCUT2D eigenvalue weighted by Gasteiger charge is 2.03. The van der Waals surface area contributed by atoms with Crippen LogP contribution in [0.25, 0.3) is 0 Å². The third kappa shape index (κ3) is 6.18. The number of nitrogens with zero attached hydrogens (tertiary/aromatic N) is 3. The number of halogens is 2. The topological polar surface area (TPSA) is 75.3 Å². The van der Waals surface area contributed by atoms with E-state index in [-0.39, 0.29) is 24.0 Å². The standard InChI is InChI=1S/C14H18ClN5O.HI/c1-10-19-13(20-21-10)9-18-14(16-2)17-8-7-11-3-5-12(15)6-4-11;/h3-6H,7-9H2,1-2H3,(H2,16,17,18);1H. The number of hydrogen-bond donors (Lipinski definition) is 2. The van der Waals surface area contributed by atoms with Crippen molar-refractivity contribution in [1.82, 2.24) is 20.8 Å². The van der Waals surface area contributed by atoms with E-state index in [1.165, 1.54) is 5.56 Å². The number of guanidine groups is 1. The smallest absolute Gasteiger partial charge is 0.223 e. The van der Waals surface area contributed by atoms with Crippen LogP contribution in [0.2, 0.25) is 5.02 Å². The van der Waals surface area contributed by atoms with Crippen LogP contribution in [-0.4, -0.2) is 29.7 Å². The van der Waals surface area contributed by atoms with E-state index < -0.39 is 0 Å². The molecule has 0 amide bonds. The highest BCUT2D eigenvalue weighted by molar-refractivity contribution is 14.0. The Hall–Kier alpha value is -1.35. The fourth-order valence-corrected chi connectivity index (χ4v) is 1.90. The fraction of sp³-hybridized carbons (Fsp3) is 0.357. The molecule has 6 nitrogen and oxygen atoms in total. The Morgan fingerprint density at radius 2 is 2.00 bits per heavy atom. The van der Waals surface area contributed by atoms with Crippen molar-refractivity contribution < 1.29 is 4.52 Å². The summed E-state index contributed by atoms with van der Waals surface area (Å²) >= 11 is 5.86. The number of hydrogen-bond acceptors (Lipinski definition) is 4. The molecule has 0 spiro atoms. The second-order valence-corrected chi connectivity index (χ2v) is 4.90. The minimum Gasteiger partial charge on any atom is -0.356 e. The summed E-state index contributed by atoms with van der Waals surface area (Å²) in [6, 6.07) is 7.82. The molecule has 1 aromatic heterocycles. The van der Waals surface area contributed by atoms with Crippen molar-refractivity contribution in [2.75, 3.05) is 13.6 Å². The van der Waals surface area contributed by atoms with E-state index in [2.05, 4.69) is 25.8 Å². The van der Waals surface area contributed by atoms with Crippen molar-refractivity contribution in [2.45, 2.75) is 19.9 Å². The lowest BCUT2D eigenvalue weighted by molar-refractivity contribution is 0.387. The fourth-order valence-electron chi connectivity index (χ4n) is 1.77. The Morgan fingerprint density at radius 1 is 1.27 bits per heavy atom. The van der Waals surface area contributed by atoms with Gasteiger partial charge in [-0.2, -0.15) is 4.98 Å². The van der Waals surface area contributed by atoms with Gasteiger partial charge in [-0.3, -0.25) is 4.99 Å². The van der Waals surface area contributed by atoms with Crippen LogP contribution in [-0.2, 0) is 13.0 Å². The number of rotatable bonds is 5.